The summed E-state index contributed by atoms with van der Waals surface area (Å²) in [6.07, 6.45) is 3.06. The Morgan fingerprint density at radius 3 is 2.23 bits per heavy atom. The van der Waals surface area contributed by atoms with E-state index in [9.17, 15) is 4.79 Å². The zero-order chi connectivity index (χ0) is 18.5. The number of hydrogen-bond acceptors (Lipinski definition) is 4. The van der Waals surface area contributed by atoms with E-state index in [1.165, 1.54) is 11.8 Å². The standard InChI is InChI=1S/C21H22N4O/c1-14-7-9-17(10-8-14)11-24-21(26)18-12-23-19(13-22-18)25-20-15(2)5-4-6-16(20)3/h4-10,12-13H,11H2,1-3H3,(H,23,25)(H,24,26). The summed E-state index contributed by atoms with van der Waals surface area (Å²) in [6.45, 7) is 6.57. The average Bonchev–Trinajstić information content (AvgIpc) is 2.65. The minimum Gasteiger partial charge on any atom is -0.347 e. The number of para-hydroxylation sites is 1. The number of nitrogens with zero attached hydrogens (tertiary/aromatic N) is 2. The fraction of sp³-hybridized carbons (Fsp3) is 0.190. The largest absolute Gasteiger partial charge is 0.347 e. The highest BCUT2D eigenvalue weighted by molar-refractivity contribution is 5.92. The van der Waals surface area contributed by atoms with Gasteiger partial charge in [-0.2, -0.15) is 0 Å². The van der Waals surface area contributed by atoms with Gasteiger partial charge in [0.1, 0.15) is 11.5 Å². The van der Waals surface area contributed by atoms with Crippen LogP contribution in [0.2, 0.25) is 0 Å². The summed E-state index contributed by atoms with van der Waals surface area (Å²) in [5.41, 5.74) is 5.81. The first-order valence-electron chi connectivity index (χ1n) is 8.52. The maximum Gasteiger partial charge on any atom is 0.271 e. The first-order valence-corrected chi connectivity index (χ1v) is 8.52. The number of aryl methyl sites for hydroxylation is 3. The Hall–Kier alpha value is -3.21. The molecular weight excluding hydrogens is 324 g/mol. The molecule has 5 heteroatoms. The molecule has 0 fully saturated rings. The second kappa shape index (κ2) is 7.78. The van der Waals surface area contributed by atoms with Crippen LogP contribution in [0.1, 0.15) is 32.7 Å². The van der Waals surface area contributed by atoms with Crippen molar-refractivity contribution in [3.8, 4) is 0 Å². The summed E-state index contributed by atoms with van der Waals surface area (Å²) in [5, 5.41) is 6.12. The number of carbonyl (C=O) groups excluding carboxylic acids is 1. The van der Waals surface area contributed by atoms with Crippen LogP contribution in [0, 0.1) is 20.8 Å². The van der Waals surface area contributed by atoms with Gasteiger partial charge in [-0.1, -0.05) is 48.0 Å². The molecule has 0 radical (unpaired) electrons. The molecule has 0 spiro atoms. The van der Waals surface area contributed by atoms with Crippen LogP contribution in [0.15, 0.2) is 54.9 Å². The zero-order valence-electron chi connectivity index (χ0n) is 15.2. The van der Waals surface area contributed by atoms with Crippen LogP contribution in [-0.2, 0) is 6.54 Å². The van der Waals surface area contributed by atoms with E-state index in [1.807, 2.05) is 63.2 Å². The van der Waals surface area contributed by atoms with Crippen molar-refractivity contribution < 1.29 is 4.79 Å². The Morgan fingerprint density at radius 1 is 0.923 bits per heavy atom. The molecule has 2 N–H and O–H groups in total. The summed E-state index contributed by atoms with van der Waals surface area (Å²) in [5.74, 6) is 0.370. The summed E-state index contributed by atoms with van der Waals surface area (Å²) in [4.78, 5) is 20.8. The van der Waals surface area contributed by atoms with E-state index in [4.69, 9.17) is 0 Å². The van der Waals surface area contributed by atoms with Gasteiger partial charge in [0.2, 0.25) is 0 Å². The number of rotatable bonds is 5. The van der Waals surface area contributed by atoms with Gasteiger partial charge in [0.15, 0.2) is 0 Å². The van der Waals surface area contributed by atoms with Crippen LogP contribution in [0.5, 0.6) is 0 Å². The molecule has 132 valence electrons. The molecule has 0 bridgehead atoms. The molecule has 0 aliphatic rings. The summed E-state index contributed by atoms with van der Waals surface area (Å²) in [6, 6.07) is 14.1. The van der Waals surface area contributed by atoms with Crippen LogP contribution in [0.4, 0.5) is 11.5 Å². The lowest BCUT2D eigenvalue weighted by Crippen LogP contribution is -2.24. The Balaban J connectivity index is 1.63. The predicted molar refractivity (Wildman–Crippen MR) is 104 cm³/mol. The molecule has 0 saturated heterocycles. The number of hydrogen-bond donors (Lipinski definition) is 2. The lowest BCUT2D eigenvalue weighted by molar-refractivity contribution is 0.0945. The van der Waals surface area contributed by atoms with Gasteiger partial charge in [0.05, 0.1) is 12.4 Å². The van der Waals surface area contributed by atoms with E-state index in [1.54, 1.807) is 6.20 Å². The van der Waals surface area contributed by atoms with Crippen molar-refractivity contribution in [2.24, 2.45) is 0 Å². The van der Waals surface area contributed by atoms with E-state index < -0.39 is 0 Å². The van der Waals surface area contributed by atoms with E-state index in [0.717, 1.165) is 22.4 Å². The average molecular weight is 346 g/mol. The van der Waals surface area contributed by atoms with Gasteiger partial charge in [-0.05, 0) is 37.5 Å². The maximum absolute atomic E-state index is 12.2. The number of nitrogens with one attached hydrogen (secondary N) is 2. The van der Waals surface area contributed by atoms with Crippen LogP contribution in [0.25, 0.3) is 0 Å². The van der Waals surface area contributed by atoms with Crippen molar-refractivity contribution in [3.05, 3.63) is 82.8 Å². The van der Waals surface area contributed by atoms with Gasteiger partial charge in [-0.25, -0.2) is 9.97 Å². The van der Waals surface area contributed by atoms with E-state index in [0.29, 0.717) is 18.1 Å². The molecule has 2 aromatic carbocycles. The molecule has 0 unspecified atom stereocenters. The highest BCUT2D eigenvalue weighted by Gasteiger charge is 2.09. The number of aromatic nitrogens is 2. The molecule has 0 saturated carbocycles. The normalized spacial score (nSPS) is 10.4. The highest BCUT2D eigenvalue weighted by Crippen LogP contribution is 2.22. The van der Waals surface area contributed by atoms with Crippen LogP contribution in [0.3, 0.4) is 0 Å². The van der Waals surface area contributed by atoms with Crippen molar-refractivity contribution >= 4 is 17.4 Å². The fourth-order valence-electron chi connectivity index (χ4n) is 2.63. The Bertz CT molecular complexity index is 882. The molecule has 0 atom stereocenters. The number of carbonyl (C=O) groups is 1. The maximum atomic E-state index is 12.2. The van der Waals surface area contributed by atoms with Gasteiger partial charge < -0.3 is 10.6 Å². The smallest absolute Gasteiger partial charge is 0.271 e. The van der Waals surface area contributed by atoms with Gasteiger partial charge in [-0.3, -0.25) is 4.79 Å². The van der Waals surface area contributed by atoms with Crippen molar-refractivity contribution in [1.29, 1.82) is 0 Å². The topological polar surface area (TPSA) is 66.9 Å². The second-order valence-electron chi connectivity index (χ2n) is 6.35. The lowest BCUT2D eigenvalue weighted by Gasteiger charge is -2.12. The zero-order valence-corrected chi connectivity index (χ0v) is 15.2. The molecule has 0 aliphatic carbocycles. The van der Waals surface area contributed by atoms with Crippen LogP contribution < -0.4 is 10.6 Å². The Kier molecular flexibility index (Phi) is 5.27. The summed E-state index contributed by atoms with van der Waals surface area (Å²) < 4.78 is 0. The summed E-state index contributed by atoms with van der Waals surface area (Å²) in [7, 11) is 0. The van der Waals surface area contributed by atoms with Crippen molar-refractivity contribution in [2.45, 2.75) is 27.3 Å². The predicted octanol–water partition coefficient (Wildman–Crippen LogP) is 4.08. The third-order valence-corrected chi connectivity index (χ3v) is 4.19. The van der Waals surface area contributed by atoms with Gasteiger partial charge >= 0.3 is 0 Å². The van der Waals surface area contributed by atoms with E-state index >= 15 is 0 Å². The molecule has 0 aliphatic heterocycles. The van der Waals surface area contributed by atoms with Crippen molar-refractivity contribution in [3.63, 3.8) is 0 Å². The van der Waals surface area contributed by atoms with E-state index in [-0.39, 0.29) is 5.91 Å². The third-order valence-electron chi connectivity index (χ3n) is 4.19. The third kappa shape index (κ3) is 4.25. The van der Waals surface area contributed by atoms with Crippen LogP contribution >= 0.6 is 0 Å². The molecule has 26 heavy (non-hydrogen) atoms. The fourth-order valence-corrected chi connectivity index (χ4v) is 2.63. The number of anilines is 2. The van der Waals surface area contributed by atoms with Crippen LogP contribution in [-0.4, -0.2) is 15.9 Å². The number of benzene rings is 2. The molecule has 3 rings (SSSR count). The second-order valence-corrected chi connectivity index (χ2v) is 6.35. The van der Waals surface area contributed by atoms with E-state index in [2.05, 4.69) is 20.6 Å². The minimum absolute atomic E-state index is 0.239. The number of amides is 1. The van der Waals surface area contributed by atoms with Gasteiger partial charge in [0, 0.05) is 12.2 Å². The molecular formula is C21H22N4O. The monoisotopic (exact) mass is 346 g/mol. The molecule has 3 aromatic rings. The summed E-state index contributed by atoms with van der Waals surface area (Å²) >= 11 is 0. The Morgan fingerprint density at radius 2 is 1.62 bits per heavy atom. The Labute approximate surface area is 153 Å². The van der Waals surface area contributed by atoms with Gasteiger partial charge in [0.25, 0.3) is 5.91 Å². The first-order chi connectivity index (χ1) is 12.5. The quantitative estimate of drug-likeness (QED) is 0.731. The molecule has 1 amide bonds. The molecule has 1 heterocycles. The highest BCUT2D eigenvalue weighted by atomic mass is 16.1. The first kappa shape index (κ1) is 17.6. The molecule has 5 nitrogen and oxygen atoms in total. The van der Waals surface area contributed by atoms with Crippen molar-refractivity contribution in [2.75, 3.05) is 5.32 Å². The van der Waals surface area contributed by atoms with Gasteiger partial charge in [-0.15, -0.1) is 0 Å². The lowest BCUT2D eigenvalue weighted by atomic mass is 10.1. The minimum atomic E-state index is -0.239. The SMILES string of the molecule is Cc1ccc(CNC(=O)c2cnc(Nc3c(C)cccc3C)cn2)cc1. The molecule has 1 aromatic heterocycles. The van der Waals surface area contributed by atoms with Crippen molar-refractivity contribution in [1.82, 2.24) is 15.3 Å².